The normalized spacial score (nSPS) is 10.4. The third-order valence-corrected chi connectivity index (χ3v) is 5.60. The minimum absolute atomic E-state index is 0.459. The summed E-state index contributed by atoms with van der Waals surface area (Å²) in [6.45, 7) is 6.98. The second kappa shape index (κ2) is 14.6. The molecule has 0 radical (unpaired) electrons. The van der Waals surface area contributed by atoms with Gasteiger partial charge in [0.05, 0.1) is 12.3 Å². The van der Waals surface area contributed by atoms with Gasteiger partial charge in [-0.25, -0.2) is 13.8 Å². The van der Waals surface area contributed by atoms with E-state index in [1.807, 2.05) is 43.5 Å². The van der Waals surface area contributed by atoms with Crippen molar-refractivity contribution in [3.63, 3.8) is 0 Å². The van der Waals surface area contributed by atoms with Crippen molar-refractivity contribution in [1.82, 2.24) is 4.98 Å². The molecule has 0 fully saturated rings. The molecule has 6 heteroatoms. The monoisotopic (exact) mass is 460 g/mol. The van der Waals surface area contributed by atoms with Crippen LogP contribution in [0.25, 0.3) is 0 Å². The van der Waals surface area contributed by atoms with Crippen molar-refractivity contribution in [1.29, 1.82) is 0 Å². The number of aromatic nitrogens is 1. The molecule has 0 aliphatic carbocycles. The van der Waals surface area contributed by atoms with Gasteiger partial charge < -0.3 is 10.1 Å². The van der Waals surface area contributed by atoms with Crippen molar-refractivity contribution in [2.45, 2.75) is 65.7 Å². The summed E-state index contributed by atoms with van der Waals surface area (Å²) in [5.41, 5.74) is 2.43. The van der Waals surface area contributed by atoms with Crippen LogP contribution < -0.4 is 10.1 Å². The third kappa shape index (κ3) is 8.95. The maximum atomic E-state index is 13.4. The van der Waals surface area contributed by atoms with Crippen LogP contribution in [0.1, 0.15) is 70.6 Å². The molecule has 32 heavy (non-hydrogen) atoms. The molecule has 0 unspecified atom stereocenters. The zero-order valence-corrected chi connectivity index (χ0v) is 20.1. The fourth-order valence-electron chi connectivity index (χ4n) is 3.13. The molecule has 3 rings (SSSR count). The highest BCUT2D eigenvalue weighted by atomic mass is 32.1. The molecular formula is C26H34F2N2OS. The molecule has 1 N–H and O–H groups in total. The van der Waals surface area contributed by atoms with Gasteiger partial charge in [-0.2, -0.15) is 0 Å². The van der Waals surface area contributed by atoms with E-state index in [1.165, 1.54) is 49.5 Å². The first-order chi connectivity index (χ1) is 15.6. The predicted octanol–water partition coefficient (Wildman–Crippen LogP) is 8.52. The number of ether oxygens (including phenoxy) is 1. The molecule has 3 nitrogen and oxygen atoms in total. The molecule has 0 saturated heterocycles. The summed E-state index contributed by atoms with van der Waals surface area (Å²) in [6, 6.07) is 11.8. The average Bonchev–Trinajstić information content (AvgIpc) is 3.25. The van der Waals surface area contributed by atoms with Gasteiger partial charge in [-0.3, -0.25) is 0 Å². The van der Waals surface area contributed by atoms with Crippen molar-refractivity contribution in [3.8, 4) is 5.75 Å². The average molecular weight is 461 g/mol. The maximum absolute atomic E-state index is 13.4. The van der Waals surface area contributed by atoms with Gasteiger partial charge in [0.25, 0.3) is 0 Å². The van der Waals surface area contributed by atoms with Gasteiger partial charge in [0.2, 0.25) is 0 Å². The van der Waals surface area contributed by atoms with E-state index >= 15 is 0 Å². The fraction of sp³-hybridized carbons (Fsp3) is 0.423. The Bertz CT molecular complexity index is 912. The molecule has 0 amide bonds. The number of hydrogen-bond donors (Lipinski definition) is 1. The van der Waals surface area contributed by atoms with Gasteiger partial charge in [-0.15, -0.1) is 11.3 Å². The Balaban J connectivity index is 0.00000176. The van der Waals surface area contributed by atoms with Crippen molar-refractivity contribution in [3.05, 3.63) is 70.7 Å². The fourth-order valence-corrected chi connectivity index (χ4v) is 3.87. The summed E-state index contributed by atoms with van der Waals surface area (Å²) >= 11 is 1.48. The van der Waals surface area contributed by atoms with E-state index in [-0.39, 0.29) is 0 Å². The largest absolute Gasteiger partial charge is 0.494 e. The lowest BCUT2D eigenvalue weighted by atomic mass is 10.1. The van der Waals surface area contributed by atoms with E-state index in [0.717, 1.165) is 41.4 Å². The van der Waals surface area contributed by atoms with Gasteiger partial charge in [0.1, 0.15) is 5.75 Å². The Morgan fingerprint density at radius 1 is 0.906 bits per heavy atom. The van der Waals surface area contributed by atoms with Crippen molar-refractivity contribution in [2.24, 2.45) is 0 Å². The Hall–Kier alpha value is -2.47. The lowest BCUT2D eigenvalue weighted by Crippen LogP contribution is -1.97. The highest BCUT2D eigenvalue weighted by molar-refractivity contribution is 7.13. The molecule has 3 aromatic rings. The van der Waals surface area contributed by atoms with Crippen LogP contribution in [0.2, 0.25) is 0 Å². The smallest absolute Gasteiger partial charge is 0.187 e. The number of nitrogens with one attached hydrogen (secondary N) is 1. The van der Waals surface area contributed by atoms with Crippen molar-refractivity contribution >= 4 is 22.2 Å². The first-order valence-electron chi connectivity index (χ1n) is 11.5. The number of anilines is 2. The van der Waals surface area contributed by atoms with E-state index in [4.69, 9.17) is 4.74 Å². The minimum atomic E-state index is -0.834. The molecular weight excluding hydrogens is 426 g/mol. The van der Waals surface area contributed by atoms with Crippen molar-refractivity contribution < 1.29 is 13.5 Å². The molecule has 1 heterocycles. The molecule has 0 bridgehead atoms. The number of nitrogens with zero attached hydrogens (tertiary/aromatic N) is 1. The Kier molecular flexibility index (Phi) is 11.7. The highest BCUT2D eigenvalue weighted by Gasteiger charge is 2.07. The van der Waals surface area contributed by atoms with Crippen LogP contribution in [0.5, 0.6) is 5.75 Å². The second-order valence-corrected chi connectivity index (χ2v) is 8.19. The Labute approximate surface area is 194 Å². The molecule has 0 aliphatic rings. The Morgan fingerprint density at radius 2 is 1.62 bits per heavy atom. The molecule has 1 aromatic heterocycles. The molecule has 0 saturated carbocycles. The van der Waals surface area contributed by atoms with Crippen LogP contribution >= 0.6 is 11.3 Å². The van der Waals surface area contributed by atoms with Crippen LogP contribution in [0.3, 0.4) is 0 Å². The number of thiazole rings is 1. The van der Waals surface area contributed by atoms with Crippen LogP contribution in [0.15, 0.2) is 47.8 Å². The van der Waals surface area contributed by atoms with Crippen LogP contribution in [-0.4, -0.2) is 11.6 Å². The molecule has 2 aromatic carbocycles. The minimum Gasteiger partial charge on any atom is -0.494 e. The SMILES string of the molecule is CC.CCCCCCCCOc1ccc(Nc2nc(Cc3ccc(F)c(F)c3)cs2)cc1. The summed E-state index contributed by atoms with van der Waals surface area (Å²) in [6.07, 6.45) is 7.96. The summed E-state index contributed by atoms with van der Waals surface area (Å²) in [7, 11) is 0. The summed E-state index contributed by atoms with van der Waals surface area (Å²) in [4.78, 5) is 4.53. The standard InChI is InChI=1S/C24H28F2N2OS.C2H6/c1-2-3-4-5-6-7-14-29-21-11-9-19(10-12-21)27-24-28-20(17-30-24)15-18-8-13-22(25)23(26)16-18;1-2/h8-13,16-17H,2-7,14-15H2,1H3,(H,27,28);1-2H3. The topological polar surface area (TPSA) is 34.1 Å². The number of hydrogen-bond acceptors (Lipinski definition) is 4. The molecule has 0 aliphatic heterocycles. The zero-order chi connectivity index (χ0) is 23.2. The van der Waals surface area contributed by atoms with E-state index in [2.05, 4.69) is 17.2 Å². The van der Waals surface area contributed by atoms with Crippen LogP contribution in [0, 0.1) is 11.6 Å². The summed E-state index contributed by atoms with van der Waals surface area (Å²) in [5.74, 6) is -0.800. The van der Waals surface area contributed by atoms with Crippen molar-refractivity contribution in [2.75, 3.05) is 11.9 Å². The Morgan fingerprint density at radius 3 is 2.34 bits per heavy atom. The molecule has 0 atom stereocenters. The number of halogens is 2. The van der Waals surface area contributed by atoms with Gasteiger partial charge in [0.15, 0.2) is 16.8 Å². The van der Waals surface area contributed by atoms with E-state index < -0.39 is 11.6 Å². The quantitative estimate of drug-likeness (QED) is 0.275. The lowest BCUT2D eigenvalue weighted by Gasteiger charge is -2.08. The predicted molar refractivity (Wildman–Crippen MR) is 131 cm³/mol. The summed E-state index contributed by atoms with van der Waals surface area (Å²) < 4.78 is 32.2. The van der Waals surface area contributed by atoms with E-state index in [9.17, 15) is 8.78 Å². The molecule has 174 valence electrons. The summed E-state index contributed by atoms with van der Waals surface area (Å²) in [5, 5.41) is 5.95. The highest BCUT2D eigenvalue weighted by Crippen LogP contribution is 2.24. The first-order valence-corrected chi connectivity index (χ1v) is 12.4. The first kappa shape index (κ1) is 25.8. The van der Waals surface area contributed by atoms with E-state index in [0.29, 0.717) is 12.0 Å². The van der Waals surface area contributed by atoms with E-state index in [1.54, 1.807) is 6.07 Å². The third-order valence-electron chi connectivity index (χ3n) is 4.79. The van der Waals surface area contributed by atoms with Gasteiger partial charge >= 0.3 is 0 Å². The number of rotatable bonds is 12. The number of benzene rings is 2. The van der Waals surface area contributed by atoms with Crippen LogP contribution in [0.4, 0.5) is 19.6 Å². The zero-order valence-electron chi connectivity index (χ0n) is 19.3. The number of unbranched alkanes of at least 4 members (excludes halogenated alkanes) is 5. The van der Waals surface area contributed by atoms with Crippen LogP contribution in [-0.2, 0) is 6.42 Å². The van der Waals surface area contributed by atoms with Gasteiger partial charge in [0, 0.05) is 17.5 Å². The van der Waals surface area contributed by atoms with Gasteiger partial charge in [-0.05, 0) is 48.4 Å². The van der Waals surface area contributed by atoms with Gasteiger partial charge in [-0.1, -0.05) is 58.9 Å². The molecule has 0 spiro atoms. The lowest BCUT2D eigenvalue weighted by molar-refractivity contribution is 0.304. The maximum Gasteiger partial charge on any atom is 0.187 e. The second-order valence-electron chi connectivity index (χ2n) is 7.33.